The number of aromatic nitrogens is 3. The van der Waals surface area contributed by atoms with E-state index in [9.17, 15) is 27.9 Å². The van der Waals surface area contributed by atoms with Crippen molar-refractivity contribution in [1.29, 1.82) is 0 Å². The lowest BCUT2D eigenvalue weighted by Crippen LogP contribution is -2.42. The number of carbonyl (C=O) groups is 2. The van der Waals surface area contributed by atoms with Crippen molar-refractivity contribution in [2.45, 2.75) is 79.1 Å². The van der Waals surface area contributed by atoms with Crippen molar-refractivity contribution in [1.82, 2.24) is 14.8 Å². The molecule has 1 aliphatic rings. The van der Waals surface area contributed by atoms with Gasteiger partial charge in [-0.1, -0.05) is 6.92 Å². The summed E-state index contributed by atoms with van der Waals surface area (Å²) in [5, 5.41) is 14.3. The number of carboxylic acid groups (broad SMARTS) is 1. The van der Waals surface area contributed by atoms with Gasteiger partial charge in [-0.2, -0.15) is 18.3 Å². The van der Waals surface area contributed by atoms with E-state index in [2.05, 4.69) is 17.0 Å². The van der Waals surface area contributed by atoms with E-state index in [0.717, 1.165) is 49.2 Å². The van der Waals surface area contributed by atoms with Crippen LogP contribution in [0.2, 0.25) is 0 Å². The second-order valence-electron chi connectivity index (χ2n) is 11.1. The van der Waals surface area contributed by atoms with Crippen molar-refractivity contribution >= 4 is 17.6 Å². The quantitative estimate of drug-likeness (QED) is 0.312. The molecule has 0 aliphatic heterocycles. The van der Waals surface area contributed by atoms with Crippen molar-refractivity contribution in [2.24, 2.45) is 11.8 Å². The van der Waals surface area contributed by atoms with Gasteiger partial charge in [0.1, 0.15) is 11.3 Å². The zero-order valence-electron chi connectivity index (χ0n) is 23.8. The van der Waals surface area contributed by atoms with Gasteiger partial charge in [0.15, 0.2) is 0 Å². The van der Waals surface area contributed by atoms with E-state index >= 15 is 0 Å². The molecule has 3 aromatic rings. The standard InChI is InChI=1S/C30H35F3N4O4/c1-17(2)37(28(38)22-8-6-18(3)7-9-22)26-11-10-23(14-24(26)29(39)40)41-27-25(30(31,32)33)13-21(15-34-27)16-36-20(5)12-19(4)35-36/h10-15,17-18,22H,6-9,16H2,1-5H3,(H,39,40). The molecule has 0 unspecified atom stereocenters. The Morgan fingerprint density at radius 1 is 1.12 bits per heavy atom. The van der Waals surface area contributed by atoms with Gasteiger partial charge >= 0.3 is 12.1 Å². The summed E-state index contributed by atoms with van der Waals surface area (Å²) in [4.78, 5) is 31.2. The predicted octanol–water partition coefficient (Wildman–Crippen LogP) is 7.02. The Morgan fingerprint density at radius 2 is 1.80 bits per heavy atom. The van der Waals surface area contributed by atoms with Crippen LogP contribution in [0.4, 0.5) is 18.9 Å². The lowest BCUT2D eigenvalue weighted by Gasteiger charge is -2.34. The van der Waals surface area contributed by atoms with Crippen LogP contribution < -0.4 is 9.64 Å². The van der Waals surface area contributed by atoms with E-state index in [1.807, 2.05) is 13.0 Å². The van der Waals surface area contributed by atoms with E-state index in [1.165, 1.54) is 23.2 Å². The number of ether oxygens (including phenoxy) is 1. The van der Waals surface area contributed by atoms with Gasteiger partial charge in [0.25, 0.3) is 0 Å². The molecule has 0 atom stereocenters. The maximum absolute atomic E-state index is 14.0. The number of hydrogen-bond acceptors (Lipinski definition) is 5. The molecule has 4 rings (SSSR count). The Kier molecular flexibility index (Phi) is 8.74. The fraction of sp³-hybridized carbons (Fsp3) is 0.467. The Balaban J connectivity index is 1.65. The zero-order valence-corrected chi connectivity index (χ0v) is 23.8. The number of hydrogen-bond donors (Lipinski definition) is 1. The number of rotatable bonds is 8. The number of anilines is 1. The van der Waals surface area contributed by atoms with Crippen LogP contribution in [0.25, 0.3) is 0 Å². The summed E-state index contributed by atoms with van der Waals surface area (Å²) in [6, 6.07) is 6.35. The van der Waals surface area contributed by atoms with Crippen LogP contribution >= 0.6 is 0 Å². The topological polar surface area (TPSA) is 97.6 Å². The number of halogens is 3. The summed E-state index contributed by atoms with van der Waals surface area (Å²) in [7, 11) is 0. The van der Waals surface area contributed by atoms with Crippen molar-refractivity contribution < 1.29 is 32.6 Å². The number of pyridine rings is 1. The molecule has 2 heterocycles. The van der Waals surface area contributed by atoms with Crippen LogP contribution in [0.3, 0.4) is 0 Å². The number of amides is 1. The molecule has 11 heteroatoms. The SMILES string of the molecule is Cc1cc(C)n(Cc2cnc(Oc3ccc(N(C(=O)C4CCC(C)CC4)C(C)C)c(C(=O)O)c3)c(C(F)(F)F)c2)n1. The van der Waals surface area contributed by atoms with Crippen LogP contribution in [0, 0.1) is 25.7 Å². The van der Waals surface area contributed by atoms with Gasteiger partial charge in [-0.25, -0.2) is 9.78 Å². The minimum atomic E-state index is -4.78. The minimum absolute atomic E-state index is 0.0901. The van der Waals surface area contributed by atoms with Gasteiger partial charge in [-0.3, -0.25) is 9.48 Å². The second-order valence-corrected chi connectivity index (χ2v) is 11.1. The molecular weight excluding hydrogens is 537 g/mol. The summed E-state index contributed by atoms with van der Waals surface area (Å²) in [5.74, 6) is -1.99. The first-order valence-electron chi connectivity index (χ1n) is 13.7. The Labute approximate surface area is 237 Å². The molecule has 1 aromatic carbocycles. The maximum atomic E-state index is 14.0. The fourth-order valence-corrected chi connectivity index (χ4v) is 5.30. The van der Waals surface area contributed by atoms with Gasteiger partial charge < -0.3 is 14.7 Å². The molecule has 8 nitrogen and oxygen atoms in total. The predicted molar refractivity (Wildman–Crippen MR) is 147 cm³/mol. The van der Waals surface area contributed by atoms with Crippen LogP contribution in [0.5, 0.6) is 11.6 Å². The summed E-state index contributed by atoms with van der Waals surface area (Å²) in [5.41, 5.74) is 0.652. The number of alkyl halides is 3. The molecule has 0 saturated heterocycles. The first kappa shape index (κ1) is 30.1. The van der Waals surface area contributed by atoms with Crippen molar-refractivity contribution in [3.05, 3.63) is 64.6 Å². The van der Waals surface area contributed by atoms with Gasteiger partial charge in [0, 0.05) is 23.9 Å². The lowest BCUT2D eigenvalue weighted by atomic mass is 9.82. The van der Waals surface area contributed by atoms with Crippen molar-refractivity contribution in [2.75, 3.05) is 4.90 Å². The normalized spacial score (nSPS) is 17.5. The third kappa shape index (κ3) is 6.89. The molecule has 0 radical (unpaired) electrons. The molecule has 1 amide bonds. The maximum Gasteiger partial charge on any atom is 0.421 e. The highest BCUT2D eigenvalue weighted by molar-refractivity contribution is 6.03. The van der Waals surface area contributed by atoms with Crippen LogP contribution in [0.1, 0.15) is 79.3 Å². The van der Waals surface area contributed by atoms with E-state index in [4.69, 9.17) is 4.74 Å². The number of nitrogens with zero attached hydrogens (tertiary/aromatic N) is 4. The van der Waals surface area contributed by atoms with Crippen LogP contribution in [-0.4, -0.2) is 37.8 Å². The first-order chi connectivity index (χ1) is 19.2. The third-order valence-electron chi connectivity index (χ3n) is 7.44. The molecule has 0 bridgehead atoms. The fourth-order valence-electron chi connectivity index (χ4n) is 5.30. The highest BCUT2D eigenvalue weighted by atomic mass is 19.4. The van der Waals surface area contributed by atoms with Gasteiger partial charge in [0.2, 0.25) is 11.8 Å². The molecule has 41 heavy (non-hydrogen) atoms. The summed E-state index contributed by atoms with van der Waals surface area (Å²) < 4.78 is 49.2. The number of carbonyl (C=O) groups excluding carboxylic acids is 1. The summed E-state index contributed by atoms with van der Waals surface area (Å²) in [6.45, 7) is 9.44. The highest BCUT2D eigenvalue weighted by Gasteiger charge is 2.37. The molecule has 220 valence electrons. The average Bonchev–Trinajstić information content (AvgIpc) is 3.21. The van der Waals surface area contributed by atoms with Crippen molar-refractivity contribution in [3.8, 4) is 11.6 Å². The second kappa shape index (κ2) is 11.9. The summed E-state index contributed by atoms with van der Waals surface area (Å²) in [6.07, 6.45) is -0.188. The van der Waals surface area contributed by atoms with Crippen LogP contribution in [0.15, 0.2) is 36.5 Å². The highest BCUT2D eigenvalue weighted by Crippen LogP contribution is 2.39. The molecular formula is C30H35F3N4O4. The summed E-state index contributed by atoms with van der Waals surface area (Å²) >= 11 is 0. The molecule has 2 aromatic heterocycles. The molecule has 1 aliphatic carbocycles. The molecule has 1 fully saturated rings. The van der Waals surface area contributed by atoms with E-state index in [-0.39, 0.29) is 47.0 Å². The Bertz CT molecular complexity index is 1430. The first-order valence-corrected chi connectivity index (χ1v) is 13.7. The minimum Gasteiger partial charge on any atom is -0.478 e. The van der Waals surface area contributed by atoms with Gasteiger partial charge in [-0.05, 0) is 95.2 Å². The van der Waals surface area contributed by atoms with E-state index < -0.39 is 23.6 Å². The average molecular weight is 573 g/mol. The Morgan fingerprint density at radius 3 is 2.37 bits per heavy atom. The van der Waals surface area contributed by atoms with Gasteiger partial charge in [0.05, 0.1) is 23.5 Å². The zero-order chi connectivity index (χ0) is 30.1. The molecule has 1 N–H and O–H groups in total. The number of carboxylic acids is 1. The number of aryl methyl sites for hydroxylation is 2. The largest absolute Gasteiger partial charge is 0.478 e. The molecule has 0 spiro atoms. The third-order valence-corrected chi connectivity index (χ3v) is 7.44. The number of benzene rings is 1. The van der Waals surface area contributed by atoms with E-state index in [0.29, 0.717) is 5.92 Å². The molecule has 1 saturated carbocycles. The monoisotopic (exact) mass is 572 g/mol. The van der Waals surface area contributed by atoms with E-state index in [1.54, 1.807) is 25.5 Å². The number of aromatic carboxylic acids is 1. The van der Waals surface area contributed by atoms with Gasteiger partial charge in [-0.15, -0.1) is 0 Å². The van der Waals surface area contributed by atoms with Crippen LogP contribution in [-0.2, 0) is 17.5 Å². The van der Waals surface area contributed by atoms with Crippen molar-refractivity contribution in [3.63, 3.8) is 0 Å². The Hall–Kier alpha value is -3.89. The smallest absolute Gasteiger partial charge is 0.421 e. The lowest BCUT2D eigenvalue weighted by molar-refractivity contribution is -0.139.